The van der Waals surface area contributed by atoms with E-state index in [1.165, 1.54) is 0 Å². The molecule has 114 valence electrons. The van der Waals surface area contributed by atoms with Crippen molar-refractivity contribution in [3.63, 3.8) is 0 Å². The molecule has 8 nitrogen and oxygen atoms in total. The molecule has 3 rings (SSSR count). The SMILES string of the molecule is CNc1nc(Nc2ccc3oc(=O)[nH]c3c2)ncc1N(C)C. The smallest absolute Gasteiger partial charge is 0.408 e. The van der Waals surface area contributed by atoms with E-state index in [-0.39, 0.29) is 0 Å². The molecule has 3 N–H and O–H groups in total. The van der Waals surface area contributed by atoms with Crippen LogP contribution in [0.25, 0.3) is 11.1 Å². The van der Waals surface area contributed by atoms with Crippen molar-refractivity contribution in [3.05, 3.63) is 34.9 Å². The lowest BCUT2D eigenvalue weighted by atomic mass is 10.3. The Bertz CT molecular complexity index is 867. The topological polar surface area (TPSA) is 99.1 Å². The van der Waals surface area contributed by atoms with Gasteiger partial charge in [0.05, 0.1) is 17.4 Å². The third-order valence-corrected chi connectivity index (χ3v) is 3.16. The number of aromatic nitrogens is 3. The summed E-state index contributed by atoms with van der Waals surface area (Å²) in [4.78, 5) is 24.4. The maximum atomic E-state index is 11.2. The number of fused-ring (bicyclic) bond motifs is 1. The molecule has 3 aromatic rings. The lowest BCUT2D eigenvalue weighted by molar-refractivity contribution is 0.555. The molecule has 0 unspecified atom stereocenters. The number of benzene rings is 1. The number of rotatable bonds is 4. The number of anilines is 4. The van der Waals surface area contributed by atoms with Crippen molar-refractivity contribution in [1.82, 2.24) is 15.0 Å². The van der Waals surface area contributed by atoms with Gasteiger partial charge in [-0.05, 0) is 18.2 Å². The second-order valence-electron chi connectivity index (χ2n) is 4.92. The number of nitrogens with zero attached hydrogens (tertiary/aromatic N) is 3. The molecule has 2 heterocycles. The van der Waals surface area contributed by atoms with Crippen LogP contribution in [0.15, 0.2) is 33.6 Å². The van der Waals surface area contributed by atoms with E-state index in [1.54, 1.807) is 31.4 Å². The molecule has 0 fully saturated rings. The van der Waals surface area contributed by atoms with Crippen molar-refractivity contribution in [3.8, 4) is 0 Å². The first kappa shape index (κ1) is 13.9. The van der Waals surface area contributed by atoms with Gasteiger partial charge < -0.3 is 20.0 Å². The Morgan fingerprint density at radius 3 is 2.86 bits per heavy atom. The predicted molar refractivity (Wildman–Crippen MR) is 86.0 cm³/mol. The Hall–Kier alpha value is -3.03. The van der Waals surface area contributed by atoms with Crippen LogP contribution >= 0.6 is 0 Å². The molecular formula is C14H16N6O2. The minimum Gasteiger partial charge on any atom is -0.408 e. The molecule has 0 amide bonds. The van der Waals surface area contributed by atoms with Crippen LogP contribution in [0.2, 0.25) is 0 Å². The standard InChI is InChI=1S/C14H16N6O2/c1-15-12-10(20(2)3)7-16-13(19-12)17-8-4-5-11-9(6-8)18-14(21)22-11/h4-7H,1-3H3,(H,18,21)(H2,15,16,17,19). The summed E-state index contributed by atoms with van der Waals surface area (Å²) in [6, 6.07) is 5.27. The van der Waals surface area contributed by atoms with E-state index < -0.39 is 5.76 Å². The van der Waals surface area contributed by atoms with Crippen molar-refractivity contribution in [2.75, 3.05) is 36.7 Å². The highest BCUT2D eigenvalue weighted by Gasteiger charge is 2.08. The summed E-state index contributed by atoms with van der Waals surface area (Å²) in [5.74, 6) is 0.705. The summed E-state index contributed by atoms with van der Waals surface area (Å²) < 4.78 is 4.97. The summed E-state index contributed by atoms with van der Waals surface area (Å²) in [5, 5.41) is 6.14. The molecule has 0 saturated heterocycles. The van der Waals surface area contributed by atoms with Gasteiger partial charge in [0.2, 0.25) is 5.95 Å². The summed E-state index contributed by atoms with van der Waals surface area (Å²) in [6.45, 7) is 0. The first-order chi connectivity index (χ1) is 10.6. The molecule has 0 aliphatic heterocycles. The van der Waals surface area contributed by atoms with Gasteiger partial charge in [0, 0.05) is 26.8 Å². The van der Waals surface area contributed by atoms with Crippen LogP contribution in [0.4, 0.5) is 23.1 Å². The lowest BCUT2D eigenvalue weighted by Gasteiger charge is -2.16. The number of nitrogens with one attached hydrogen (secondary N) is 3. The summed E-state index contributed by atoms with van der Waals surface area (Å²) in [6.07, 6.45) is 1.74. The first-order valence-electron chi connectivity index (χ1n) is 6.69. The van der Waals surface area contributed by atoms with E-state index in [1.807, 2.05) is 19.0 Å². The van der Waals surface area contributed by atoms with Crippen LogP contribution in [0, 0.1) is 0 Å². The quantitative estimate of drug-likeness (QED) is 0.675. The van der Waals surface area contributed by atoms with Crippen LogP contribution in [-0.4, -0.2) is 36.1 Å². The highest BCUT2D eigenvalue weighted by molar-refractivity contribution is 5.78. The van der Waals surface area contributed by atoms with Crippen molar-refractivity contribution in [2.24, 2.45) is 0 Å². The van der Waals surface area contributed by atoms with Gasteiger partial charge in [-0.2, -0.15) is 4.98 Å². The van der Waals surface area contributed by atoms with Gasteiger partial charge in [-0.3, -0.25) is 4.98 Å². The van der Waals surface area contributed by atoms with E-state index in [4.69, 9.17) is 4.42 Å². The fraction of sp³-hybridized carbons (Fsp3) is 0.214. The zero-order valence-corrected chi connectivity index (χ0v) is 12.5. The molecule has 0 aliphatic carbocycles. The van der Waals surface area contributed by atoms with E-state index in [0.29, 0.717) is 17.0 Å². The number of hydrogen-bond donors (Lipinski definition) is 3. The van der Waals surface area contributed by atoms with Gasteiger partial charge in [-0.1, -0.05) is 0 Å². The largest absolute Gasteiger partial charge is 0.417 e. The van der Waals surface area contributed by atoms with Crippen molar-refractivity contribution in [2.45, 2.75) is 0 Å². The number of aromatic amines is 1. The minimum atomic E-state index is -0.476. The van der Waals surface area contributed by atoms with Gasteiger partial charge in [-0.15, -0.1) is 0 Å². The minimum absolute atomic E-state index is 0.458. The van der Waals surface area contributed by atoms with Crippen LogP contribution in [0.3, 0.4) is 0 Å². The third-order valence-electron chi connectivity index (χ3n) is 3.16. The lowest BCUT2D eigenvalue weighted by Crippen LogP contribution is -2.13. The second-order valence-corrected chi connectivity index (χ2v) is 4.92. The highest BCUT2D eigenvalue weighted by Crippen LogP contribution is 2.24. The van der Waals surface area contributed by atoms with Crippen LogP contribution in [0.5, 0.6) is 0 Å². The van der Waals surface area contributed by atoms with Gasteiger partial charge >= 0.3 is 5.76 Å². The number of H-pyrrole nitrogens is 1. The monoisotopic (exact) mass is 300 g/mol. The fourth-order valence-corrected chi connectivity index (χ4v) is 2.11. The molecule has 0 aliphatic rings. The molecule has 0 saturated carbocycles. The Balaban J connectivity index is 1.92. The van der Waals surface area contributed by atoms with Crippen LogP contribution in [-0.2, 0) is 0 Å². The van der Waals surface area contributed by atoms with E-state index >= 15 is 0 Å². The molecule has 22 heavy (non-hydrogen) atoms. The van der Waals surface area contributed by atoms with Gasteiger partial charge in [0.25, 0.3) is 0 Å². The normalized spacial score (nSPS) is 10.7. The average molecular weight is 300 g/mol. The molecule has 0 atom stereocenters. The van der Waals surface area contributed by atoms with E-state index in [9.17, 15) is 4.79 Å². The highest BCUT2D eigenvalue weighted by atomic mass is 16.4. The zero-order chi connectivity index (χ0) is 15.7. The molecule has 0 spiro atoms. The molecule has 1 aromatic carbocycles. The van der Waals surface area contributed by atoms with Crippen LogP contribution in [0.1, 0.15) is 0 Å². The summed E-state index contributed by atoms with van der Waals surface area (Å²) in [5.41, 5.74) is 2.77. The molecular weight excluding hydrogens is 284 g/mol. The number of oxazole rings is 1. The predicted octanol–water partition coefficient (Wildman–Crippen LogP) is 1.76. The maximum Gasteiger partial charge on any atom is 0.417 e. The molecule has 2 aromatic heterocycles. The molecule has 0 radical (unpaired) electrons. The average Bonchev–Trinajstić information content (AvgIpc) is 2.86. The van der Waals surface area contributed by atoms with Crippen molar-refractivity contribution >= 4 is 34.2 Å². The number of hydrogen-bond acceptors (Lipinski definition) is 7. The Morgan fingerprint density at radius 2 is 2.14 bits per heavy atom. The van der Waals surface area contributed by atoms with Gasteiger partial charge in [0.15, 0.2) is 11.4 Å². The zero-order valence-electron chi connectivity index (χ0n) is 12.5. The van der Waals surface area contributed by atoms with Crippen molar-refractivity contribution in [1.29, 1.82) is 0 Å². The second kappa shape index (κ2) is 5.40. The van der Waals surface area contributed by atoms with Gasteiger partial charge in [0.1, 0.15) is 0 Å². The summed E-state index contributed by atoms with van der Waals surface area (Å²) >= 11 is 0. The third kappa shape index (κ3) is 2.58. The Morgan fingerprint density at radius 1 is 1.32 bits per heavy atom. The van der Waals surface area contributed by atoms with Gasteiger partial charge in [-0.25, -0.2) is 9.78 Å². The van der Waals surface area contributed by atoms with Crippen molar-refractivity contribution < 1.29 is 4.42 Å². The molecule has 0 bridgehead atoms. The Kier molecular flexibility index (Phi) is 3.42. The Labute approximate surface area is 126 Å². The van der Waals surface area contributed by atoms with E-state index in [0.717, 1.165) is 17.2 Å². The maximum absolute atomic E-state index is 11.2. The van der Waals surface area contributed by atoms with Crippen LogP contribution < -0.4 is 21.3 Å². The first-order valence-corrected chi connectivity index (χ1v) is 6.69. The fourth-order valence-electron chi connectivity index (χ4n) is 2.11. The van der Waals surface area contributed by atoms with E-state index in [2.05, 4.69) is 25.6 Å². The molecule has 8 heteroatoms. The summed E-state index contributed by atoms with van der Waals surface area (Å²) in [7, 11) is 5.66.